The largest absolute Gasteiger partial charge is 0.483 e. The minimum atomic E-state index is -0.582. The Labute approximate surface area is 198 Å². The van der Waals surface area contributed by atoms with Crippen molar-refractivity contribution in [3.8, 4) is 5.75 Å². The summed E-state index contributed by atoms with van der Waals surface area (Å²) < 4.78 is 6.00. The minimum absolute atomic E-state index is 0.0960. The van der Waals surface area contributed by atoms with Gasteiger partial charge in [0.25, 0.3) is 5.91 Å². The van der Waals surface area contributed by atoms with E-state index in [-0.39, 0.29) is 29.9 Å². The molecule has 1 fully saturated rings. The maximum Gasteiger partial charge on any atom is 0.261 e. The highest BCUT2D eigenvalue weighted by atomic mass is 16.5. The molecule has 0 radical (unpaired) electrons. The van der Waals surface area contributed by atoms with Crippen LogP contribution in [0.4, 0.5) is 0 Å². The van der Waals surface area contributed by atoms with Gasteiger partial charge in [-0.15, -0.1) is 0 Å². The summed E-state index contributed by atoms with van der Waals surface area (Å²) in [5, 5.41) is 3.17. The molecule has 1 saturated carbocycles. The Morgan fingerprint density at radius 2 is 1.64 bits per heavy atom. The summed E-state index contributed by atoms with van der Waals surface area (Å²) in [6.07, 6.45) is 5.55. The summed E-state index contributed by atoms with van der Waals surface area (Å²) in [5.41, 5.74) is 1.94. The molecule has 0 aromatic heterocycles. The SMILES string of the molecule is CC(C(=O)NC1CCCCC1)N(Cc1ccccc1)C(=O)COc1ccccc1C(C)(C)C. The molecule has 1 unspecified atom stereocenters. The fourth-order valence-corrected chi connectivity index (χ4v) is 4.37. The third-order valence-corrected chi connectivity index (χ3v) is 6.36. The molecular formula is C28H38N2O3. The number of rotatable bonds is 8. The lowest BCUT2D eigenvalue weighted by Gasteiger charge is -2.31. The van der Waals surface area contributed by atoms with Gasteiger partial charge in [-0.1, -0.05) is 88.6 Å². The van der Waals surface area contributed by atoms with Crippen LogP contribution < -0.4 is 10.1 Å². The molecule has 178 valence electrons. The van der Waals surface area contributed by atoms with Gasteiger partial charge in [-0.25, -0.2) is 0 Å². The topological polar surface area (TPSA) is 58.6 Å². The van der Waals surface area contributed by atoms with E-state index in [4.69, 9.17) is 4.74 Å². The fourth-order valence-electron chi connectivity index (χ4n) is 4.37. The number of amides is 2. The third kappa shape index (κ3) is 7.08. The molecule has 0 spiro atoms. The number of hydrogen-bond donors (Lipinski definition) is 1. The van der Waals surface area contributed by atoms with E-state index in [0.29, 0.717) is 12.3 Å². The summed E-state index contributed by atoms with van der Waals surface area (Å²) >= 11 is 0. The number of nitrogens with zero attached hydrogens (tertiary/aromatic N) is 1. The molecule has 1 aliphatic rings. The fraction of sp³-hybridized carbons (Fsp3) is 0.500. The van der Waals surface area contributed by atoms with Gasteiger partial charge in [0.05, 0.1) is 0 Å². The number of nitrogens with one attached hydrogen (secondary N) is 1. The van der Waals surface area contributed by atoms with E-state index in [1.165, 1.54) is 6.42 Å². The van der Waals surface area contributed by atoms with Crippen molar-refractivity contribution < 1.29 is 14.3 Å². The number of carbonyl (C=O) groups excluding carboxylic acids is 2. The molecular weight excluding hydrogens is 412 g/mol. The average Bonchev–Trinajstić information content (AvgIpc) is 2.81. The Kier molecular flexibility index (Phi) is 8.54. The van der Waals surface area contributed by atoms with Gasteiger partial charge in [-0.3, -0.25) is 9.59 Å². The lowest BCUT2D eigenvalue weighted by molar-refractivity contribution is -0.142. The standard InChI is InChI=1S/C28H38N2O3/c1-21(27(32)29-23-15-9-6-10-16-23)30(19-22-13-7-5-8-14-22)26(31)20-33-25-18-12-11-17-24(25)28(2,3)4/h5,7-8,11-14,17-18,21,23H,6,9-10,15-16,19-20H2,1-4H3,(H,29,32). The Hall–Kier alpha value is -2.82. The molecule has 0 saturated heterocycles. The molecule has 1 aliphatic carbocycles. The monoisotopic (exact) mass is 450 g/mol. The maximum absolute atomic E-state index is 13.3. The second kappa shape index (κ2) is 11.4. The van der Waals surface area contributed by atoms with Gasteiger partial charge < -0.3 is 15.0 Å². The van der Waals surface area contributed by atoms with Crippen molar-refractivity contribution in [2.75, 3.05) is 6.61 Å². The third-order valence-electron chi connectivity index (χ3n) is 6.36. The zero-order valence-corrected chi connectivity index (χ0v) is 20.5. The predicted molar refractivity (Wildman–Crippen MR) is 132 cm³/mol. The highest BCUT2D eigenvalue weighted by molar-refractivity contribution is 5.88. The van der Waals surface area contributed by atoms with E-state index in [1.54, 1.807) is 4.90 Å². The average molecular weight is 451 g/mol. The highest BCUT2D eigenvalue weighted by Crippen LogP contribution is 2.31. The molecule has 1 atom stereocenters. The quantitative estimate of drug-likeness (QED) is 0.599. The van der Waals surface area contributed by atoms with Crippen molar-refractivity contribution >= 4 is 11.8 Å². The van der Waals surface area contributed by atoms with Gasteiger partial charge in [0.2, 0.25) is 5.91 Å². The summed E-state index contributed by atoms with van der Waals surface area (Å²) in [4.78, 5) is 28.0. The van der Waals surface area contributed by atoms with Gasteiger partial charge in [0.1, 0.15) is 11.8 Å². The highest BCUT2D eigenvalue weighted by Gasteiger charge is 2.29. The van der Waals surface area contributed by atoms with Crippen LogP contribution in [0.2, 0.25) is 0 Å². The van der Waals surface area contributed by atoms with E-state index in [0.717, 1.165) is 36.8 Å². The number of hydrogen-bond acceptors (Lipinski definition) is 3. The van der Waals surface area contributed by atoms with Gasteiger partial charge in [0, 0.05) is 12.6 Å². The first-order chi connectivity index (χ1) is 15.8. The molecule has 0 heterocycles. The van der Waals surface area contributed by atoms with E-state index in [1.807, 2.05) is 61.5 Å². The number of para-hydroxylation sites is 1. The molecule has 0 bridgehead atoms. The zero-order chi connectivity index (χ0) is 23.8. The molecule has 3 rings (SSSR count). The zero-order valence-electron chi connectivity index (χ0n) is 20.5. The van der Waals surface area contributed by atoms with Crippen LogP contribution in [0.3, 0.4) is 0 Å². The van der Waals surface area contributed by atoms with E-state index < -0.39 is 6.04 Å². The summed E-state index contributed by atoms with van der Waals surface area (Å²) in [5.74, 6) is 0.410. The van der Waals surface area contributed by atoms with Gasteiger partial charge in [-0.2, -0.15) is 0 Å². The lowest BCUT2D eigenvalue weighted by atomic mass is 9.86. The smallest absolute Gasteiger partial charge is 0.261 e. The number of benzene rings is 2. The van der Waals surface area contributed by atoms with Crippen LogP contribution >= 0.6 is 0 Å². The Bertz CT molecular complexity index is 914. The van der Waals surface area contributed by atoms with E-state index in [9.17, 15) is 9.59 Å². The number of carbonyl (C=O) groups is 2. The summed E-state index contributed by atoms with van der Waals surface area (Å²) in [6, 6.07) is 17.2. The first-order valence-corrected chi connectivity index (χ1v) is 12.1. The van der Waals surface area contributed by atoms with Crippen molar-refractivity contribution in [2.24, 2.45) is 0 Å². The van der Waals surface area contributed by atoms with Gasteiger partial charge >= 0.3 is 0 Å². The molecule has 5 heteroatoms. The van der Waals surface area contributed by atoms with Crippen molar-refractivity contribution in [3.05, 3.63) is 65.7 Å². The summed E-state index contributed by atoms with van der Waals surface area (Å²) in [6.45, 7) is 8.43. The van der Waals surface area contributed by atoms with Crippen LogP contribution in [0.1, 0.15) is 70.9 Å². The molecule has 2 amide bonds. The van der Waals surface area contributed by atoms with Crippen molar-refractivity contribution in [2.45, 2.75) is 83.8 Å². The van der Waals surface area contributed by atoms with Crippen LogP contribution in [0, 0.1) is 0 Å². The van der Waals surface area contributed by atoms with Crippen molar-refractivity contribution in [1.82, 2.24) is 10.2 Å². The van der Waals surface area contributed by atoms with E-state index >= 15 is 0 Å². The molecule has 5 nitrogen and oxygen atoms in total. The number of ether oxygens (including phenoxy) is 1. The maximum atomic E-state index is 13.3. The Balaban J connectivity index is 1.73. The first kappa shape index (κ1) is 24.8. The second-order valence-electron chi connectivity index (χ2n) is 10.1. The van der Waals surface area contributed by atoms with Gasteiger partial charge in [-0.05, 0) is 42.4 Å². The Morgan fingerprint density at radius 1 is 1.00 bits per heavy atom. The van der Waals surface area contributed by atoms with Crippen LogP contribution in [-0.4, -0.2) is 35.4 Å². The van der Waals surface area contributed by atoms with Crippen LogP contribution in [0.15, 0.2) is 54.6 Å². The predicted octanol–water partition coefficient (Wildman–Crippen LogP) is 5.23. The van der Waals surface area contributed by atoms with Crippen LogP contribution in [-0.2, 0) is 21.5 Å². The normalized spacial score (nSPS) is 15.5. The second-order valence-corrected chi connectivity index (χ2v) is 10.1. The molecule has 1 N–H and O–H groups in total. The van der Waals surface area contributed by atoms with Crippen molar-refractivity contribution in [3.63, 3.8) is 0 Å². The molecule has 2 aromatic rings. The molecule has 0 aliphatic heterocycles. The van der Waals surface area contributed by atoms with Crippen LogP contribution in [0.25, 0.3) is 0 Å². The minimum Gasteiger partial charge on any atom is -0.483 e. The van der Waals surface area contributed by atoms with Crippen LogP contribution in [0.5, 0.6) is 5.75 Å². The summed E-state index contributed by atoms with van der Waals surface area (Å²) in [7, 11) is 0. The van der Waals surface area contributed by atoms with E-state index in [2.05, 4.69) is 26.1 Å². The van der Waals surface area contributed by atoms with Crippen molar-refractivity contribution in [1.29, 1.82) is 0 Å². The molecule has 33 heavy (non-hydrogen) atoms. The van der Waals surface area contributed by atoms with Gasteiger partial charge in [0.15, 0.2) is 6.61 Å². The lowest BCUT2D eigenvalue weighted by Crippen LogP contribution is -2.51. The molecule has 2 aromatic carbocycles. The first-order valence-electron chi connectivity index (χ1n) is 12.1. The Morgan fingerprint density at radius 3 is 2.30 bits per heavy atom.